The molecule has 1 atom stereocenters. The van der Waals surface area contributed by atoms with Crippen LogP contribution < -0.4 is 10.2 Å². The lowest BCUT2D eigenvalue weighted by molar-refractivity contribution is -0.123. The van der Waals surface area contributed by atoms with Gasteiger partial charge in [0, 0.05) is 24.8 Å². The summed E-state index contributed by atoms with van der Waals surface area (Å²) in [5.41, 5.74) is 0.806. The quantitative estimate of drug-likeness (QED) is 0.805. The topological polar surface area (TPSA) is 58.1 Å². The molecular weight excluding hydrogens is 240 g/mol. The van der Waals surface area contributed by atoms with E-state index in [2.05, 4.69) is 15.3 Å². The van der Waals surface area contributed by atoms with E-state index in [1.165, 1.54) is 0 Å². The van der Waals surface area contributed by atoms with Crippen molar-refractivity contribution in [2.24, 2.45) is 0 Å². The van der Waals surface area contributed by atoms with E-state index in [4.69, 9.17) is 11.6 Å². The number of piperazine rings is 1. The molecular formula is C11H15ClN4O. The third-order valence-corrected chi connectivity index (χ3v) is 2.99. The van der Waals surface area contributed by atoms with Crippen molar-refractivity contribution in [2.45, 2.75) is 26.3 Å². The Hall–Kier alpha value is -1.36. The van der Waals surface area contributed by atoms with Gasteiger partial charge in [-0.3, -0.25) is 4.79 Å². The SMILES string of the molecule is CCC1C(=O)NCCN1c1cc(C)nc(Cl)n1. The minimum absolute atomic E-state index is 0.0473. The van der Waals surface area contributed by atoms with Crippen LogP contribution in [0.15, 0.2) is 6.07 Å². The summed E-state index contributed by atoms with van der Waals surface area (Å²) >= 11 is 5.85. The number of nitrogens with zero attached hydrogens (tertiary/aromatic N) is 3. The summed E-state index contributed by atoms with van der Waals surface area (Å²) < 4.78 is 0. The molecule has 1 aliphatic heterocycles. The highest BCUT2D eigenvalue weighted by atomic mass is 35.5. The second kappa shape index (κ2) is 4.87. The molecule has 0 radical (unpaired) electrons. The Morgan fingerprint density at radius 2 is 2.35 bits per heavy atom. The fourth-order valence-corrected chi connectivity index (χ4v) is 2.28. The normalized spacial score (nSPS) is 20.3. The zero-order valence-corrected chi connectivity index (χ0v) is 10.7. The predicted octanol–water partition coefficient (Wildman–Crippen LogP) is 1.15. The van der Waals surface area contributed by atoms with Crippen LogP contribution in [0.25, 0.3) is 0 Å². The van der Waals surface area contributed by atoms with Crippen molar-refractivity contribution in [2.75, 3.05) is 18.0 Å². The van der Waals surface area contributed by atoms with Crippen molar-refractivity contribution < 1.29 is 4.79 Å². The fraction of sp³-hybridized carbons (Fsp3) is 0.545. The first-order valence-corrected chi connectivity index (χ1v) is 6.05. The molecule has 0 spiro atoms. The average molecular weight is 255 g/mol. The molecule has 92 valence electrons. The van der Waals surface area contributed by atoms with E-state index in [0.29, 0.717) is 6.54 Å². The highest BCUT2D eigenvalue weighted by Crippen LogP contribution is 2.20. The molecule has 0 saturated carbocycles. The van der Waals surface area contributed by atoms with Crippen LogP contribution in [0.4, 0.5) is 5.82 Å². The van der Waals surface area contributed by atoms with Crippen molar-refractivity contribution in [3.05, 3.63) is 17.0 Å². The zero-order chi connectivity index (χ0) is 12.4. The molecule has 1 aromatic rings. The number of nitrogens with one attached hydrogen (secondary N) is 1. The first kappa shape index (κ1) is 12.1. The number of hydrogen-bond acceptors (Lipinski definition) is 4. The molecule has 1 N–H and O–H groups in total. The minimum atomic E-state index is -0.172. The third kappa shape index (κ3) is 2.49. The van der Waals surface area contributed by atoms with E-state index < -0.39 is 0 Å². The van der Waals surface area contributed by atoms with Crippen molar-refractivity contribution in [1.82, 2.24) is 15.3 Å². The summed E-state index contributed by atoms with van der Waals surface area (Å²) in [5.74, 6) is 0.773. The van der Waals surface area contributed by atoms with Gasteiger partial charge in [0.25, 0.3) is 0 Å². The molecule has 1 fully saturated rings. The highest BCUT2D eigenvalue weighted by molar-refractivity contribution is 6.28. The summed E-state index contributed by atoms with van der Waals surface area (Å²) in [7, 11) is 0. The molecule has 2 rings (SSSR count). The predicted molar refractivity (Wildman–Crippen MR) is 66.2 cm³/mol. The average Bonchev–Trinajstić information content (AvgIpc) is 2.27. The van der Waals surface area contributed by atoms with Gasteiger partial charge in [0.2, 0.25) is 11.2 Å². The van der Waals surface area contributed by atoms with E-state index >= 15 is 0 Å². The number of carbonyl (C=O) groups is 1. The molecule has 1 aromatic heterocycles. The summed E-state index contributed by atoms with van der Waals surface area (Å²) in [6.45, 7) is 5.23. The number of amides is 1. The van der Waals surface area contributed by atoms with Crippen LogP contribution in [0.2, 0.25) is 5.28 Å². The third-order valence-electron chi connectivity index (χ3n) is 2.83. The molecule has 2 heterocycles. The number of aromatic nitrogens is 2. The molecule has 1 amide bonds. The molecule has 0 aliphatic carbocycles. The standard InChI is InChI=1S/C11H15ClN4O/c1-3-8-10(17)13-4-5-16(8)9-6-7(2)14-11(12)15-9/h6,8H,3-5H2,1-2H3,(H,13,17). The summed E-state index contributed by atoms with van der Waals surface area (Å²) in [6, 6.07) is 1.68. The molecule has 0 bridgehead atoms. The number of halogens is 1. The number of carbonyl (C=O) groups excluding carboxylic acids is 1. The number of anilines is 1. The van der Waals surface area contributed by atoms with Crippen LogP contribution in [0, 0.1) is 6.92 Å². The molecule has 1 unspecified atom stereocenters. The van der Waals surface area contributed by atoms with Gasteiger partial charge < -0.3 is 10.2 Å². The van der Waals surface area contributed by atoms with Crippen molar-refractivity contribution in [1.29, 1.82) is 0 Å². The zero-order valence-electron chi connectivity index (χ0n) is 9.90. The van der Waals surface area contributed by atoms with Gasteiger partial charge in [-0.25, -0.2) is 9.97 Å². The molecule has 5 nitrogen and oxygen atoms in total. The first-order chi connectivity index (χ1) is 8.11. The Morgan fingerprint density at radius 3 is 3.00 bits per heavy atom. The lowest BCUT2D eigenvalue weighted by Gasteiger charge is -2.35. The van der Waals surface area contributed by atoms with Crippen LogP contribution >= 0.6 is 11.6 Å². The Kier molecular flexibility index (Phi) is 3.47. The van der Waals surface area contributed by atoms with Gasteiger partial charge in [-0.15, -0.1) is 0 Å². The summed E-state index contributed by atoms with van der Waals surface area (Å²) in [6.07, 6.45) is 0.743. The lowest BCUT2D eigenvalue weighted by Crippen LogP contribution is -2.55. The fourth-order valence-electron chi connectivity index (χ4n) is 2.06. The Bertz CT molecular complexity index is 417. The largest absolute Gasteiger partial charge is 0.353 e. The maximum absolute atomic E-state index is 11.7. The van der Waals surface area contributed by atoms with Gasteiger partial charge in [0.1, 0.15) is 11.9 Å². The van der Waals surface area contributed by atoms with Gasteiger partial charge in [-0.1, -0.05) is 6.92 Å². The smallest absolute Gasteiger partial charge is 0.242 e. The molecule has 1 aliphatic rings. The lowest BCUT2D eigenvalue weighted by atomic mass is 10.1. The van der Waals surface area contributed by atoms with Gasteiger partial charge in [-0.05, 0) is 24.9 Å². The van der Waals surface area contributed by atoms with Crippen molar-refractivity contribution in [3.63, 3.8) is 0 Å². The molecule has 6 heteroatoms. The van der Waals surface area contributed by atoms with Gasteiger partial charge >= 0.3 is 0 Å². The second-order valence-electron chi connectivity index (χ2n) is 4.05. The van der Waals surface area contributed by atoms with Crippen LogP contribution in [0.3, 0.4) is 0 Å². The van der Waals surface area contributed by atoms with Crippen molar-refractivity contribution >= 4 is 23.3 Å². The number of rotatable bonds is 2. The monoisotopic (exact) mass is 254 g/mol. The summed E-state index contributed by atoms with van der Waals surface area (Å²) in [4.78, 5) is 22.0. The van der Waals surface area contributed by atoms with E-state index in [-0.39, 0.29) is 17.2 Å². The van der Waals surface area contributed by atoms with Crippen LogP contribution in [0.5, 0.6) is 0 Å². The molecule has 17 heavy (non-hydrogen) atoms. The molecule has 1 saturated heterocycles. The highest BCUT2D eigenvalue weighted by Gasteiger charge is 2.29. The maximum Gasteiger partial charge on any atom is 0.242 e. The number of aryl methyl sites for hydroxylation is 1. The van der Waals surface area contributed by atoms with E-state index in [1.54, 1.807) is 0 Å². The Balaban J connectivity index is 2.33. The van der Waals surface area contributed by atoms with Crippen LogP contribution in [-0.2, 0) is 4.79 Å². The van der Waals surface area contributed by atoms with E-state index in [1.807, 2.05) is 24.8 Å². The molecule has 0 aromatic carbocycles. The minimum Gasteiger partial charge on any atom is -0.353 e. The van der Waals surface area contributed by atoms with Gasteiger partial charge in [-0.2, -0.15) is 0 Å². The van der Waals surface area contributed by atoms with Crippen molar-refractivity contribution in [3.8, 4) is 0 Å². The van der Waals surface area contributed by atoms with Crippen LogP contribution in [-0.4, -0.2) is 35.0 Å². The van der Waals surface area contributed by atoms with E-state index in [0.717, 1.165) is 24.5 Å². The van der Waals surface area contributed by atoms with E-state index in [9.17, 15) is 4.79 Å². The maximum atomic E-state index is 11.7. The summed E-state index contributed by atoms with van der Waals surface area (Å²) in [5, 5.41) is 3.08. The second-order valence-corrected chi connectivity index (χ2v) is 4.38. The van der Waals surface area contributed by atoms with Gasteiger partial charge in [0.15, 0.2) is 0 Å². The first-order valence-electron chi connectivity index (χ1n) is 5.67. The van der Waals surface area contributed by atoms with Gasteiger partial charge in [0.05, 0.1) is 0 Å². The Morgan fingerprint density at radius 1 is 1.59 bits per heavy atom. The Labute approximate surface area is 105 Å². The number of hydrogen-bond donors (Lipinski definition) is 1. The van der Waals surface area contributed by atoms with Crippen LogP contribution in [0.1, 0.15) is 19.0 Å².